The zero-order valence-electron chi connectivity index (χ0n) is 15.5. The first-order valence-corrected chi connectivity index (χ1v) is 9.06. The van der Waals surface area contributed by atoms with E-state index in [1.54, 1.807) is 12.1 Å². The lowest BCUT2D eigenvalue weighted by molar-refractivity contribution is 1.31. The zero-order valence-corrected chi connectivity index (χ0v) is 15.5. The van der Waals surface area contributed by atoms with Crippen molar-refractivity contribution in [2.45, 2.75) is 0 Å². The molecule has 0 saturated carbocycles. The molecule has 2 N–H and O–H groups in total. The summed E-state index contributed by atoms with van der Waals surface area (Å²) in [5.41, 5.74) is 12.4. The minimum absolute atomic E-state index is 0.191. The van der Waals surface area contributed by atoms with Crippen LogP contribution in [0.3, 0.4) is 0 Å². The molecule has 0 atom stereocenters. The third-order valence-electron chi connectivity index (χ3n) is 4.77. The lowest BCUT2D eigenvalue weighted by atomic mass is 9.96. The van der Waals surface area contributed by atoms with Crippen LogP contribution in [0.2, 0.25) is 0 Å². The maximum atomic E-state index is 9.62. The van der Waals surface area contributed by atoms with Gasteiger partial charge in [0.05, 0.1) is 17.3 Å². The van der Waals surface area contributed by atoms with Crippen molar-refractivity contribution in [3.63, 3.8) is 0 Å². The predicted molar refractivity (Wildman–Crippen MR) is 114 cm³/mol. The van der Waals surface area contributed by atoms with Crippen LogP contribution in [0.15, 0.2) is 84.9 Å². The Morgan fingerprint density at radius 3 is 1.86 bits per heavy atom. The smallest absolute Gasteiger partial charge is 0.142 e. The third-order valence-corrected chi connectivity index (χ3v) is 4.77. The highest BCUT2D eigenvalue weighted by Gasteiger charge is 2.13. The quantitative estimate of drug-likeness (QED) is 0.521. The van der Waals surface area contributed by atoms with Crippen molar-refractivity contribution in [2.24, 2.45) is 0 Å². The summed E-state index contributed by atoms with van der Waals surface area (Å²) >= 11 is 0. The van der Waals surface area contributed by atoms with Crippen molar-refractivity contribution < 1.29 is 0 Å². The van der Waals surface area contributed by atoms with Gasteiger partial charge in [-0.1, -0.05) is 66.7 Å². The van der Waals surface area contributed by atoms with Crippen molar-refractivity contribution in [1.29, 1.82) is 10.5 Å². The second-order valence-electron chi connectivity index (χ2n) is 6.56. The van der Waals surface area contributed by atoms with Gasteiger partial charge in [-0.05, 0) is 34.9 Å². The maximum Gasteiger partial charge on any atom is 0.142 e. The van der Waals surface area contributed by atoms with Crippen LogP contribution in [0, 0.1) is 22.7 Å². The topological polar surface area (TPSA) is 86.5 Å². The van der Waals surface area contributed by atoms with Gasteiger partial charge in [-0.2, -0.15) is 10.5 Å². The van der Waals surface area contributed by atoms with Crippen LogP contribution in [0.1, 0.15) is 11.1 Å². The minimum Gasteiger partial charge on any atom is -0.383 e. The van der Waals surface area contributed by atoms with Crippen LogP contribution in [-0.4, -0.2) is 4.98 Å². The number of hydrogen-bond acceptors (Lipinski definition) is 4. The zero-order chi connectivity index (χ0) is 20.2. The van der Waals surface area contributed by atoms with Gasteiger partial charge in [0.2, 0.25) is 0 Å². The van der Waals surface area contributed by atoms with Gasteiger partial charge >= 0.3 is 0 Å². The molecule has 0 aliphatic carbocycles. The van der Waals surface area contributed by atoms with Gasteiger partial charge in [-0.15, -0.1) is 0 Å². The van der Waals surface area contributed by atoms with Gasteiger partial charge in [0.15, 0.2) is 0 Å². The second-order valence-corrected chi connectivity index (χ2v) is 6.56. The molecule has 0 amide bonds. The first-order chi connectivity index (χ1) is 14.2. The van der Waals surface area contributed by atoms with Crippen LogP contribution in [-0.2, 0) is 0 Å². The molecular weight excluding hydrogens is 356 g/mol. The summed E-state index contributed by atoms with van der Waals surface area (Å²) in [6, 6.07) is 31.4. The van der Waals surface area contributed by atoms with E-state index in [4.69, 9.17) is 11.0 Å². The van der Waals surface area contributed by atoms with E-state index in [0.29, 0.717) is 16.8 Å². The van der Waals surface area contributed by atoms with Crippen LogP contribution in [0.5, 0.6) is 0 Å². The summed E-state index contributed by atoms with van der Waals surface area (Å²) in [6.07, 6.45) is 0. The monoisotopic (exact) mass is 372 g/mol. The molecule has 4 rings (SSSR count). The number of benzene rings is 3. The van der Waals surface area contributed by atoms with Gasteiger partial charge in [0, 0.05) is 11.1 Å². The molecule has 0 bridgehead atoms. The molecule has 0 radical (unpaired) electrons. The van der Waals surface area contributed by atoms with Gasteiger partial charge in [-0.25, -0.2) is 4.98 Å². The first kappa shape index (κ1) is 18.0. The number of rotatable bonds is 3. The van der Waals surface area contributed by atoms with Crippen molar-refractivity contribution in [2.75, 3.05) is 5.73 Å². The van der Waals surface area contributed by atoms with Gasteiger partial charge in [0.25, 0.3) is 0 Å². The molecule has 1 heterocycles. The van der Waals surface area contributed by atoms with E-state index in [1.807, 2.05) is 60.7 Å². The standard InChI is InChI=1S/C25H16N4/c26-15-17-6-8-21(9-7-17)24-14-22(23(16-27)25(28)29-24)20-12-10-19(11-13-20)18-4-2-1-3-5-18/h1-14H,(H2,28,29). The largest absolute Gasteiger partial charge is 0.383 e. The normalized spacial score (nSPS) is 10.1. The van der Waals surface area contributed by atoms with Gasteiger partial charge in [-0.3, -0.25) is 0 Å². The molecule has 136 valence electrons. The number of aromatic nitrogens is 1. The molecule has 0 unspecified atom stereocenters. The Morgan fingerprint density at radius 1 is 0.655 bits per heavy atom. The molecule has 3 aromatic carbocycles. The average molecular weight is 372 g/mol. The molecule has 4 nitrogen and oxygen atoms in total. The number of nitrogen functional groups attached to an aromatic ring is 1. The molecule has 0 spiro atoms. The summed E-state index contributed by atoms with van der Waals surface area (Å²) < 4.78 is 0. The first-order valence-electron chi connectivity index (χ1n) is 9.06. The fourth-order valence-electron chi connectivity index (χ4n) is 3.25. The Labute approximate surface area is 169 Å². The molecule has 1 aromatic heterocycles. The molecule has 29 heavy (non-hydrogen) atoms. The van der Waals surface area contributed by atoms with E-state index >= 15 is 0 Å². The van der Waals surface area contributed by atoms with Crippen molar-refractivity contribution in [1.82, 2.24) is 4.98 Å². The lowest BCUT2D eigenvalue weighted by Crippen LogP contribution is -1.99. The summed E-state index contributed by atoms with van der Waals surface area (Å²) in [7, 11) is 0. The summed E-state index contributed by atoms with van der Waals surface area (Å²) in [5, 5.41) is 18.6. The van der Waals surface area contributed by atoms with Crippen molar-refractivity contribution in [3.05, 3.63) is 96.1 Å². The second kappa shape index (κ2) is 7.68. The molecule has 0 fully saturated rings. The average Bonchev–Trinajstić information content (AvgIpc) is 2.79. The van der Waals surface area contributed by atoms with Crippen LogP contribution in [0.4, 0.5) is 5.82 Å². The van der Waals surface area contributed by atoms with E-state index in [-0.39, 0.29) is 5.82 Å². The molecule has 4 aromatic rings. The Morgan fingerprint density at radius 2 is 1.24 bits per heavy atom. The van der Waals surface area contributed by atoms with Gasteiger partial charge < -0.3 is 5.73 Å². The minimum atomic E-state index is 0.191. The van der Waals surface area contributed by atoms with E-state index in [2.05, 4.69) is 29.3 Å². The Kier molecular flexibility index (Phi) is 4.76. The van der Waals surface area contributed by atoms with Crippen molar-refractivity contribution >= 4 is 5.82 Å². The van der Waals surface area contributed by atoms with E-state index in [0.717, 1.165) is 27.8 Å². The number of anilines is 1. The number of nitrogens with two attached hydrogens (primary N) is 1. The highest BCUT2D eigenvalue weighted by Crippen LogP contribution is 2.32. The molecule has 0 aliphatic heterocycles. The van der Waals surface area contributed by atoms with E-state index in [9.17, 15) is 5.26 Å². The summed E-state index contributed by atoms with van der Waals surface area (Å²) in [4.78, 5) is 4.39. The maximum absolute atomic E-state index is 9.62. The molecule has 0 saturated heterocycles. The summed E-state index contributed by atoms with van der Waals surface area (Å²) in [6.45, 7) is 0. The van der Waals surface area contributed by atoms with Crippen LogP contribution in [0.25, 0.3) is 33.5 Å². The number of nitriles is 2. The van der Waals surface area contributed by atoms with Crippen LogP contribution < -0.4 is 5.73 Å². The Hall–Kier alpha value is -4.41. The fraction of sp³-hybridized carbons (Fsp3) is 0. The predicted octanol–water partition coefficient (Wildman–Crippen LogP) is 5.41. The highest BCUT2D eigenvalue weighted by molar-refractivity contribution is 5.81. The number of hydrogen-bond donors (Lipinski definition) is 1. The molecule has 4 heteroatoms. The lowest BCUT2D eigenvalue weighted by Gasteiger charge is -2.11. The number of pyridine rings is 1. The Bertz CT molecular complexity index is 1240. The number of nitrogens with zero attached hydrogens (tertiary/aromatic N) is 3. The SMILES string of the molecule is N#Cc1ccc(-c2cc(-c3ccc(-c4ccccc4)cc3)c(C#N)c(N)n2)cc1. The van der Waals surface area contributed by atoms with E-state index < -0.39 is 0 Å². The van der Waals surface area contributed by atoms with Gasteiger partial charge in [0.1, 0.15) is 17.5 Å². The highest BCUT2D eigenvalue weighted by atomic mass is 14.8. The molecule has 0 aliphatic rings. The van der Waals surface area contributed by atoms with E-state index in [1.165, 1.54) is 0 Å². The Balaban J connectivity index is 1.79. The fourth-order valence-corrected chi connectivity index (χ4v) is 3.25. The third kappa shape index (κ3) is 3.56. The van der Waals surface area contributed by atoms with Crippen molar-refractivity contribution in [3.8, 4) is 45.6 Å². The van der Waals surface area contributed by atoms with Crippen LogP contribution >= 0.6 is 0 Å². The molecular formula is C25H16N4. The summed E-state index contributed by atoms with van der Waals surface area (Å²) in [5.74, 6) is 0.191.